The number of benzene rings is 1. The molecule has 156 valence electrons. The zero-order valence-corrected chi connectivity index (χ0v) is 17.7. The summed E-state index contributed by atoms with van der Waals surface area (Å²) in [5, 5.41) is 12.8. The van der Waals surface area contributed by atoms with E-state index in [2.05, 4.69) is 27.3 Å². The number of rotatable bonds is 7. The lowest BCUT2D eigenvalue weighted by molar-refractivity contribution is 0.0792. The van der Waals surface area contributed by atoms with Crippen molar-refractivity contribution in [2.75, 3.05) is 13.1 Å². The zero-order valence-electron chi connectivity index (χ0n) is 16.9. The van der Waals surface area contributed by atoms with Crippen LogP contribution in [-0.4, -0.2) is 46.2 Å². The highest BCUT2D eigenvalue weighted by molar-refractivity contribution is 6.32. The minimum atomic E-state index is -0.230. The van der Waals surface area contributed by atoms with Gasteiger partial charge in [-0.05, 0) is 43.9 Å². The molecule has 2 aromatic rings. The first kappa shape index (κ1) is 21.6. The van der Waals surface area contributed by atoms with Crippen LogP contribution in [0.5, 0.6) is 5.88 Å². The second-order valence-corrected chi connectivity index (χ2v) is 8.09. The van der Waals surface area contributed by atoms with Crippen LogP contribution in [0.3, 0.4) is 0 Å². The number of amides is 1. The highest BCUT2D eigenvalue weighted by Crippen LogP contribution is 2.23. The fraction of sp³-hybridized carbons (Fsp3) is 0.455. The predicted molar refractivity (Wildman–Crippen MR) is 113 cm³/mol. The Balaban J connectivity index is 1.50. The number of pyridine rings is 1. The Morgan fingerprint density at radius 3 is 2.55 bits per heavy atom. The average Bonchev–Trinajstić information content (AvgIpc) is 2.70. The summed E-state index contributed by atoms with van der Waals surface area (Å²) in [6, 6.07) is 9.80. The minimum absolute atomic E-state index is 0.0378. The molecule has 1 fully saturated rings. The van der Waals surface area contributed by atoms with E-state index in [1.54, 1.807) is 6.07 Å². The monoisotopic (exact) mass is 417 g/mol. The number of aliphatic hydroxyl groups excluding tert-OH is 1. The van der Waals surface area contributed by atoms with Crippen molar-refractivity contribution in [3.05, 3.63) is 58.2 Å². The van der Waals surface area contributed by atoms with Crippen LogP contribution >= 0.6 is 11.6 Å². The highest BCUT2D eigenvalue weighted by Gasteiger charge is 2.17. The van der Waals surface area contributed by atoms with Gasteiger partial charge in [-0.3, -0.25) is 9.69 Å². The topological polar surface area (TPSA) is 74.7 Å². The van der Waals surface area contributed by atoms with Gasteiger partial charge in [-0.25, -0.2) is 4.98 Å². The highest BCUT2D eigenvalue weighted by atomic mass is 35.5. The quantitative estimate of drug-likeness (QED) is 0.722. The number of nitrogens with zero attached hydrogens (tertiary/aromatic N) is 2. The van der Waals surface area contributed by atoms with Gasteiger partial charge in [-0.1, -0.05) is 35.9 Å². The number of aliphatic hydroxyl groups is 1. The van der Waals surface area contributed by atoms with Crippen molar-refractivity contribution < 1.29 is 14.6 Å². The number of hydrogen-bond acceptors (Lipinski definition) is 5. The van der Waals surface area contributed by atoms with Gasteiger partial charge in [0, 0.05) is 32.4 Å². The molecule has 0 radical (unpaired) electrons. The van der Waals surface area contributed by atoms with E-state index in [1.165, 1.54) is 11.8 Å². The Labute approximate surface area is 176 Å². The third-order valence-electron chi connectivity index (χ3n) is 4.86. The van der Waals surface area contributed by atoms with Crippen LogP contribution < -0.4 is 10.1 Å². The molecule has 6 nitrogen and oxygen atoms in total. The third-order valence-corrected chi connectivity index (χ3v) is 5.13. The SMILES string of the molecule is CC(C)Oc1ncc(C(=O)NCc2ccc(CN3CCC(O)CC3)cc2)cc1Cl. The van der Waals surface area contributed by atoms with Gasteiger partial charge < -0.3 is 15.2 Å². The molecule has 1 saturated heterocycles. The molecule has 29 heavy (non-hydrogen) atoms. The minimum Gasteiger partial charge on any atom is -0.474 e. The number of hydrogen-bond donors (Lipinski definition) is 2. The lowest BCUT2D eigenvalue weighted by Crippen LogP contribution is -2.35. The fourth-order valence-corrected chi connectivity index (χ4v) is 3.45. The molecule has 3 rings (SSSR count). The Kier molecular flexibility index (Phi) is 7.47. The Morgan fingerprint density at radius 2 is 1.93 bits per heavy atom. The third kappa shape index (κ3) is 6.42. The normalized spacial score (nSPS) is 15.5. The number of carbonyl (C=O) groups is 1. The molecule has 1 aromatic carbocycles. The summed E-state index contributed by atoms with van der Waals surface area (Å²) in [6.07, 6.45) is 2.96. The Hall–Kier alpha value is -2.15. The van der Waals surface area contributed by atoms with Crippen LogP contribution in [0.4, 0.5) is 0 Å². The van der Waals surface area contributed by atoms with E-state index in [-0.39, 0.29) is 18.1 Å². The van der Waals surface area contributed by atoms with Gasteiger partial charge in [-0.15, -0.1) is 0 Å². The van der Waals surface area contributed by atoms with Gasteiger partial charge in [0.25, 0.3) is 5.91 Å². The number of piperidine rings is 1. The second kappa shape index (κ2) is 10.1. The maximum absolute atomic E-state index is 12.4. The number of carbonyl (C=O) groups excluding carboxylic acids is 1. The van der Waals surface area contributed by atoms with E-state index in [4.69, 9.17) is 16.3 Å². The molecule has 2 N–H and O–H groups in total. The largest absolute Gasteiger partial charge is 0.474 e. The lowest BCUT2D eigenvalue weighted by Gasteiger charge is -2.29. The van der Waals surface area contributed by atoms with Crippen molar-refractivity contribution in [1.82, 2.24) is 15.2 Å². The Morgan fingerprint density at radius 1 is 1.28 bits per heavy atom. The van der Waals surface area contributed by atoms with Crippen molar-refractivity contribution in [1.29, 1.82) is 0 Å². The summed E-state index contributed by atoms with van der Waals surface area (Å²) in [6.45, 7) is 6.94. The van der Waals surface area contributed by atoms with Gasteiger partial charge in [0.2, 0.25) is 5.88 Å². The zero-order chi connectivity index (χ0) is 20.8. The molecule has 7 heteroatoms. The molecule has 2 heterocycles. The number of halogens is 1. The first-order valence-electron chi connectivity index (χ1n) is 9.99. The molecule has 0 aliphatic carbocycles. The molecular formula is C22H28ClN3O3. The molecule has 1 aliphatic rings. The number of aromatic nitrogens is 1. The molecule has 0 unspecified atom stereocenters. The maximum Gasteiger partial charge on any atom is 0.253 e. The van der Waals surface area contributed by atoms with Gasteiger partial charge >= 0.3 is 0 Å². The van der Waals surface area contributed by atoms with Gasteiger partial charge in [0.05, 0.1) is 17.8 Å². The number of ether oxygens (including phenoxy) is 1. The van der Waals surface area contributed by atoms with Crippen molar-refractivity contribution >= 4 is 17.5 Å². The van der Waals surface area contributed by atoms with Crippen molar-refractivity contribution in [2.24, 2.45) is 0 Å². The molecule has 1 aliphatic heterocycles. The van der Waals surface area contributed by atoms with E-state index in [0.717, 1.165) is 38.0 Å². The first-order valence-corrected chi connectivity index (χ1v) is 10.4. The van der Waals surface area contributed by atoms with Crippen molar-refractivity contribution in [3.63, 3.8) is 0 Å². The lowest BCUT2D eigenvalue weighted by atomic mass is 10.1. The van der Waals surface area contributed by atoms with Crippen molar-refractivity contribution in [2.45, 2.75) is 52.0 Å². The summed E-state index contributed by atoms with van der Waals surface area (Å²) in [5.41, 5.74) is 2.65. The van der Waals surface area contributed by atoms with Gasteiger partial charge in [0.15, 0.2) is 0 Å². The standard InChI is InChI=1S/C22H28ClN3O3/c1-15(2)29-22-20(23)11-18(13-25-22)21(28)24-12-16-3-5-17(6-4-16)14-26-9-7-19(27)8-10-26/h3-6,11,13,15,19,27H,7-10,12,14H2,1-2H3,(H,24,28). The smallest absolute Gasteiger partial charge is 0.253 e. The van der Waals surface area contributed by atoms with Crippen LogP contribution in [0.2, 0.25) is 5.02 Å². The van der Waals surface area contributed by atoms with Crippen LogP contribution in [0.1, 0.15) is 48.2 Å². The van der Waals surface area contributed by atoms with E-state index < -0.39 is 0 Å². The molecule has 0 spiro atoms. The molecule has 1 amide bonds. The van der Waals surface area contributed by atoms with E-state index >= 15 is 0 Å². The predicted octanol–water partition coefficient (Wildman–Crippen LogP) is 3.41. The maximum atomic E-state index is 12.4. The van der Waals surface area contributed by atoms with Crippen LogP contribution in [0, 0.1) is 0 Å². The summed E-state index contributed by atoms with van der Waals surface area (Å²) < 4.78 is 5.49. The van der Waals surface area contributed by atoms with Crippen LogP contribution in [0.15, 0.2) is 36.5 Å². The molecular weight excluding hydrogens is 390 g/mol. The molecule has 1 aromatic heterocycles. The van der Waals surface area contributed by atoms with Crippen LogP contribution in [0.25, 0.3) is 0 Å². The number of nitrogens with one attached hydrogen (secondary N) is 1. The Bertz CT molecular complexity index is 819. The summed E-state index contributed by atoms with van der Waals surface area (Å²) in [5.74, 6) is 0.100. The fourth-order valence-electron chi connectivity index (χ4n) is 3.24. The van der Waals surface area contributed by atoms with E-state index in [9.17, 15) is 9.90 Å². The van der Waals surface area contributed by atoms with E-state index in [0.29, 0.717) is 23.0 Å². The summed E-state index contributed by atoms with van der Waals surface area (Å²) >= 11 is 6.15. The summed E-state index contributed by atoms with van der Waals surface area (Å²) in [4.78, 5) is 18.9. The molecule has 0 atom stereocenters. The van der Waals surface area contributed by atoms with Gasteiger partial charge in [0.1, 0.15) is 5.02 Å². The van der Waals surface area contributed by atoms with Gasteiger partial charge in [-0.2, -0.15) is 0 Å². The van der Waals surface area contributed by atoms with E-state index in [1.807, 2.05) is 26.0 Å². The first-order chi connectivity index (χ1) is 13.9. The molecule has 0 bridgehead atoms. The summed E-state index contributed by atoms with van der Waals surface area (Å²) in [7, 11) is 0. The van der Waals surface area contributed by atoms with Crippen molar-refractivity contribution in [3.8, 4) is 5.88 Å². The molecule has 0 saturated carbocycles. The average molecular weight is 418 g/mol. The number of likely N-dealkylation sites (tertiary alicyclic amines) is 1. The second-order valence-electron chi connectivity index (χ2n) is 7.68. The van der Waals surface area contributed by atoms with Crippen LogP contribution in [-0.2, 0) is 13.1 Å².